The van der Waals surface area contributed by atoms with E-state index in [1.165, 1.54) is 7.11 Å². The van der Waals surface area contributed by atoms with Crippen LogP contribution in [-0.4, -0.2) is 50.2 Å². The molecule has 116 valence electrons. The summed E-state index contributed by atoms with van der Waals surface area (Å²) in [6.07, 6.45) is 2.90. The lowest BCUT2D eigenvalue weighted by Crippen LogP contribution is -2.28. The second kappa shape index (κ2) is 8.97. The van der Waals surface area contributed by atoms with Crippen molar-refractivity contribution in [3.8, 4) is 0 Å². The van der Waals surface area contributed by atoms with Crippen LogP contribution in [0.2, 0.25) is 0 Å². The van der Waals surface area contributed by atoms with Crippen molar-refractivity contribution in [2.24, 2.45) is 5.41 Å². The lowest BCUT2D eigenvalue weighted by Gasteiger charge is -2.21. The van der Waals surface area contributed by atoms with Crippen molar-refractivity contribution < 1.29 is 19.1 Å². The van der Waals surface area contributed by atoms with Crippen molar-refractivity contribution in [1.29, 1.82) is 0 Å². The molecule has 0 radical (unpaired) electrons. The van der Waals surface area contributed by atoms with Crippen LogP contribution >= 0.6 is 11.6 Å². The van der Waals surface area contributed by atoms with Gasteiger partial charge in [0.25, 0.3) is 0 Å². The molecule has 0 unspecified atom stereocenters. The molecule has 0 atom stereocenters. The van der Waals surface area contributed by atoms with Gasteiger partial charge in [0.05, 0.1) is 12.5 Å². The van der Waals surface area contributed by atoms with Gasteiger partial charge < -0.3 is 14.4 Å². The molecule has 1 aliphatic rings. The van der Waals surface area contributed by atoms with E-state index in [-0.39, 0.29) is 18.0 Å². The second-order valence-corrected chi connectivity index (χ2v) is 5.76. The van der Waals surface area contributed by atoms with Crippen LogP contribution in [-0.2, 0) is 19.1 Å². The topological polar surface area (TPSA) is 55.8 Å². The lowest BCUT2D eigenvalue weighted by molar-refractivity contribution is -0.150. The first-order valence-electron chi connectivity index (χ1n) is 6.41. The molecule has 0 fully saturated rings. The Morgan fingerprint density at radius 1 is 1.40 bits per heavy atom. The molecule has 0 amide bonds. The fraction of sp³-hybridized carbons (Fsp3) is 0.714. The number of halogens is 1. The highest BCUT2D eigenvalue weighted by atomic mass is 35.5. The predicted octanol–water partition coefficient (Wildman–Crippen LogP) is 2.19. The number of carbonyl (C=O) groups is 2. The molecule has 0 bridgehead atoms. The van der Waals surface area contributed by atoms with Crippen molar-refractivity contribution in [3.63, 3.8) is 0 Å². The third kappa shape index (κ3) is 7.50. The summed E-state index contributed by atoms with van der Waals surface area (Å²) >= 11 is 5.16. The summed E-state index contributed by atoms with van der Waals surface area (Å²) in [4.78, 5) is 23.9. The van der Waals surface area contributed by atoms with Crippen LogP contribution in [0.3, 0.4) is 0 Å². The zero-order valence-corrected chi connectivity index (χ0v) is 13.6. The van der Waals surface area contributed by atoms with Gasteiger partial charge in [0.2, 0.25) is 0 Å². The van der Waals surface area contributed by atoms with E-state index in [2.05, 4.69) is 14.4 Å². The van der Waals surface area contributed by atoms with Gasteiger partial charge in [0.1, 0.15) is 0 Å². The fourth-order valence-electron chi connectivity index (χ4n) is 1.44. The van der Waals surface area contributed by atoms with Gasteiger partial charge in [0, 0.05) is 18.7 Å². The summed E-state index contributed by atoms with van der Waals surface area (Å²) in [5.74, 6) is -0.464. The number of alkyl halides is 1. The van der Waals surface area contributed by atoms with Crippen LogP contribution in [0.5, 0.6) is 0 Å². The Kier molecular flexibility index (Phi) is 8.49. The summed E-state index contributed by atoms with van der Waals surface area (Å²) in [5, 5.41) is 0. The van der Waals surface area contributed by atoms with E-state index in [1.54, 1.807) is 20.8 Å². The maximum Gasteiger partial charge on any atom is 0.334 e. The minimum atomic E-state index is -0.436. The Hall–Kier alpha value is -1.07. The highest BCUT2D eigenvalue weighted by Gasteiger charge is 2.22. The predicted molar refractivity (Wildman–Crippen MR) is 78.5 cm³/mol. The lowest BCUT2D eigenvalue weighted by atomic mass is 9.98. The van der Waals surface area contributed by atoms with E-state index < -0.39 is 5.41 Å². The molecule has 0 aromatic heterocycles. The van der Waals surface area contributed by atoms with Crippen LogP contribution < -0.4 is 0 Å². The van der Waals surface area contributed by atoms with Crippen molar-refractivity contribution >= 4 is 23.5 Å². The van der Waals surface area contributed by atoms with E-state index in [0.29, 0.717) is 6.54 Å². The maximum absolute atomic E-state index is 11.0. The molecular weight excluding hydrogens is 282 g/mol. The van der Waals surface area contributed by atoms with Gasteiger partial charge in [-0.05, 0) is 34.2 Å². The normalized spacial score (nSPS) is 15.6. The standard InChI is InChI=1S/C8H13NO2.C6H11ClO2/c1-9-5-3-4-7(6-9)8(10)11-2;1-6(2,3)5(8)9-4-7/h4H,3,5-6H2,1-2H3;4H2,1-3H3. The summed E-state index contributed by atoms with van der Waals surface area (Å²) < 4.78 is 9.14. The molecule has 0 saturated carbocycles. The molecule has 0 N–H and O–H groups in total. The number of rotatable bonds is 2. The van der Waals surface area contributed by atoms with Crippen LogP contribution in [0, 0.1) is 5.41 Å². The summed E-state index contributed by atoms with van der Waals surface area (Å²) in [6.45, 7) is 7.08. The van der Waals surface area contributed by atoms with Crippen LogP contribution in [0.25, 0.3) is 0 Å². The van der Waals surface area contributed by atoms with Crippen LogP contribution in [0.15, 0.2) is 11.6 Å². The first kappa shape index (κ1) is 18.9. The number of esters is 2. The average Bonchev–Trinajstić information content (AvgIpc) is 2.38. The number of hydrogen-bond acceptors (Lipinski definition) is 5. The molecular formula is C14H24ClNO4. The van der Waals surface area contributed by atoms with Crippen molar-refractivity contribution in [2.45, 2.75) is 27.2 Å². The number of carbonyl (C=O) groups excluding carboxylic acids is 2. The smallest absolute Gasteiger partial charge is 0.334 e. The summed E-state index contributed by atoms with van der Waals surface area (Å²) in [7, 11) is 3.41. The monoisotopic (exact) mass is 305 g/mol. The number of likely N-dealkylation sites (N-methyl/N-ethyl adjacent to an activating group) is 1. The van der Waals surface area contributed by atoms with E-state index in [0.717, 1.165) is 18.5 Å². The fourth-order valence-corrected chi connectivity index (χ4v) is 1.54. The molecule has 6 heteroatoms. The molecule has 1 heterocycles. The van der Waals surface area contributed by atoms with Gasteiger partial charge in [-0.25, -0.2) is 4.79 Å². The Labute approximate surface area is 125 Å². The number of methoxy groups -OCH3 is 1. The molecule has 0 aromatic carbocycles. The highest BCUT2D eigenvalue weighted by molar-refractivity contribution is 6.17. The molecule has 1 aliphatic heterocycles. The van der Waals surface area contributed by atoms with Crippen LogP contribution in [0.4, 0.5) is 0 Å². The molecule has 0 aliphatic carbocycles. The van der Waals surface area contributed by atoms with E-state index in [4.69, 9.17) is 11.6 Å². The zero-order valence-electron chi connectivity index (χ0n) is 12.9. The minimum Gasteiger partial charge on any atom is -0.466 e. The number of ether oxygens (including phenoxy) is 2. The quantitative estimate of drug-likeness (QED) is 0.578. The molecule has 20 heavy (non-hydrogen) atoms. The van der Waals surface area contributed by atoms with E-state index in [1.807, 2.05) is 13.1 Å². The van der Waals surface area contributed by atoms with Gasteiger partial charge >= 0.3 is 11.9 Å². The van der Waals surface area contributed by atoms with E-state index >= 15 is 0 Å². The Balaban J connectivity index is 0.000000370. The second-order valence-electron chi connectivity index (χ2n) is 5.54. The van der Waals surface area contributed by atoms with Crippen LogP contribution in [0.1, 0.15) is 27.2 Å². The molecule has 5 nitrogen and oxygen atoms in total. The average molecular weight is 306 g/mol. The third-order valence-corrected chi connectivity index (χ3v) is 2.70. The van der Waals surface area contributed by atoms with Gasteiger partial charge in [0.15, 0.2) is 6.07 Å². The Morgan fingerprint density at radius 2 is 2.00 bits per heavy atom. The van der Waals surface area contributed by atoms with Crippen molar-refractivity contribution in [3.05, 3.63) is 11.6 Å². The molecule has 1 rings (SSSR count). The highest BCUT2D eigenvalue weighted by Crippen LogP contribution is 2.14. The van der Waals surface area contributed by atoms with Crippen molar-refractivity contribution in [1.82, 2.24) is 4.90 Å². The van der Waals surface area contributed by atoms with Gasteiger partial charge in [-0.1, -0.05) is 17.7 Å². The first-order valence-corrected chi connectivity index (χ1v) is 6.95. The maximum atomic E-state index is 11.0. The van der Waals surface area contributed by atoms with Gasteiger partial charge in [-0.2, -0.15) is 0 Å². The molecule has 0 saturated heterocycles. The Morgan fingerprint density at radius 3 is 2.35 bits per heavy atom. The van der Waals surface area contributed by atoms with Gasteiger partial charge in [-0.15, -0.1) is 0 Å². The van der Waals surface area contributed by atoms with E-state index in [9.17, 15) is 9.59 Å². The van der Waals surface area contributed by atoms with Gasteiger partial charge in [-0.3, -0.25) is 4.79 Å². The SMILES string of the molecule is CC(C)(C)C(=O)OCCl.COC(=O)C1=CCCN(C)C1. The zero-order chi connectivity index (χ0) is 15.8. The van der Waals surface area contributed by atoms with Crippen molar-refractivity contribution in [2.75, 3.05) is 33.3 Å². The molecule has 0 aromatic rings. The first-order chi connectivity index (χ1) is 9.22. The Bertz CT molecular complexity index is 361. The minimum absolute atomic E-state index is 0.0594. The molecule has 0 spiro atoms. The number of nitrogens with zero attached hydrogens (tertiary/aromatic N) is 1. The summed E-state index contributed by atoms with van der Waals surface area (Å²) in [6, 6.07) is -0.0594. The third-order valence-electron chi connectivity index (χ3n) is 2.59. The number of hydrogen-bond donors (Lipinski definition) is 0. The largest absolute Gasteiger partial charge is 0.466 e. The summed E-state index contributed by atoms with van der Waals surface area (Å²) in [5.41, 5.74) is 0.343.